The molecule has 0 aromatic heterocycles. The van der Waals surface area contributed by atoms with Crippen LogP contribution in [0.1, 0.15) is 33.1 Å². The molecule has 0 saturated heterocycles. The Hall–Kier alpha value is -0.810. The van der Waals surface area contributed by atoms with E-state index < -0.39 is 0 Å². The van der Waals surface area contributed by atoms with E-state index in [0.29, 0.717) is 6.42 Å². The number of Topliss-reactive ketones (excluding diaryl/α,β-unsaturated/α-hetero) is 1. The molecular formula is C10H16O2. The first-order valence-corrected chi connectivity index (χ1v) is 4.21. The monoisotopic (exact) mass is 168 g/mol. The lowest BCUT2D eigenvalue weighted by molar-refractivity contribution is -0.118. The molecule has 1 unspecified atom stereocenters. The molecular weight excluding hydrogens is 152 g/mol. The van der Waals surface area contributed by atoms with Crippen molar-refractivity contribution < 1.29 is 9.53 Å². The summed E-state index contributed by atoms with van der Waals surface area (Å²) in [5.74, 6) is 5.99. The smallest absolute Gasteiger partial charge is 0.133 e. The highest BCUT2D eigenvalue weighted by Crippen LogP contribution is 1.96. The molecule has 0 aromatic rings. The summed E-state index contributed by atoms with van der Waals surface area (Å²) < 4.78 is 5.01. The van der Waals surface area contributed by atoms with Gasteiger partial charge in [0.05, 0.1) is 0 Å². The Morgan fingerprint density at radius 1 is 1.58 bits per heavy atom. The molecule has 0 spiro atoms. The summed E-state index contributed by atoms with van der Waals surface area (Å²) in [5, 5.41) is 0. The number of unbranched alkanes of at least 4 members (excludes halogenated alkanes) is 1. The molecule has 0 N–H and O–H groups in total. The largest absolute Gasteiger partial charge is 0.368 e. The lowest BCUT2D eigenvalue weighted by Crippen LogP contribution is -2.11. The van der Waals surface area contributed by atoms with Crippen LogP contribution in [0, 0.1) is 11.8 Å². The van der Waals surface area contributed by atoms with Gasteiger partial charge in [0.2, 0.25) is 0 Å². The Kier molecular flexibility index (Phi) is 6.41. The maximum Gasteiger partial charge on any atom is 0.133 e. The van der Waals surface area contributed by atoms with Crippen molar-refractivity contribution in [1.82, 2.24) is 0 Å². The van der Waals surface area contributed by atoms with Crippen molar-refractivity contribution >= 4 is 5.78 Å². The van der Waals surface area contributed by atoms with Crippen LogP contribution in [0.3, 0.4) is 0 Å². The third kappa shape index (κ3) is 5.94. The molecule has 0 aliphatic rings. The number of ketones is 1. The van der Waals surface area contributed by atoms with Crippen LogP contribution in [0.25, 0.3) is 0 Å². The Labute approximate surface area is 74.3 Å². The minimum absolute atomic E-state index is 0.118. The molecule has 0 amide bonds. The zero-order valence-electron chi connectivity index (χ0n) is 8.02. The zero-order chi connectivity index (χ0) is 9.40. The number of hydrogen-bond acceptors (Lipinski definition) is 2. The SMILES string of the molecule is CCCC#CC(CC(C)=O)OC. The minimum Gasteiger partial charge on any atom is -0.368 e. The van der Waals surface area contributed by atoms with Gasteiger partial charge in [0.15, 0.2) is 0 Å². The van der Waals surface area contributed by atoms with Crippen molar-refractivity contribution in [2.75, 3.05) is 7.11 Å². The van der Waals surface area contributed by atoms with Gasteiger partial charge in [-0.2, -0.15) is 0 Å². The van der Waals surface area contributed by atoms with E-state index in [-0.39, 0.29) is 11.9 Å². The van der Waals surface area contributed by atoms with E-state index in [1.807, 2.05) is 0 Å². The van der Waals surface area contributed by atoms with E-state index in [1.165, 1.54) is 0 Å². The quantitative estimate of drug-likeness (QED) is 0.598. The van der Waals surface area contributed by atoms with Crippen molar-refractivity contribution in [3.05, 3.63) is 0 Å². The summed E-state index contributed by atoms with van der Waals surface area (Å²) >= 11 is 0. The Morgan fingerprint density at radius 2 is 2.25 bits per heavy atom. The molecule has 0 rings (SSSR count). The summed E-state index contributed by atoms with van der Waals surface area (Å²) in [4.78, 5) is 10.7. The van der Waals surface area contributed by atoms with E-state index in [9.17, 15) is 4.79 Å². The van der Waals surface area contributed by atoms with Crippen LogP contribution in [0.15, 0.2) is 0 Å². The topological polar surface area (TPSA) is 26.3 Å². The third-order valence-corrected chi connectivity index (χ3v) is 1.40. The van der Waals surface area contributed by atoms with E-state index in [0.717, 1.165) is 12.8 Å². The van der Waals surface area contributed by atoms with E-state index in [1.54, 1.807) is 14.0 Å². The molecule has 0 aliphatic carbocycles. The summed E-state index contributed by atoms with van der Waals surface area (Å²) in [7, 11) is 1.58. The lowest BCUT2D eigenvalue weighted by atomic mass is 10.2. The van der Waals surface area contributed by atoms with Gasteiger partial charge >= 0.3 is 0 Å². The van der Waals surface area contributed by atoms with Gasteiger partial charge in [0, 0.05) is 20.0 Å². The zero-order valence-corrected chi connectivity index (χ0v) is 8.02. The van der Waals surface area contributed by atoms with Gasteiger partial charge < -0.3 is 4.74 Å². The number of hydrogen-bond donors (Lipinski definition) is 0. The van der Waals surface area contributed by atoms with Gasteiger partial charge in [-0.25, -0.2) is 0 Å². The molecule has 2 nitrogen and oxygen atoms in total. The fourth-order valence-electron chi connectivity index (χ4n) is 0.765. The molecule has 0 aromatic carbocycles. The standard InChI is InChI=1S/C10H16O2/c1-4-5-6-7-10(12-3)8-9(2)11/h10H,4-5,8H2,1-3H3. The first-order chi connectivity index (χ1) is 5.70. The number of carbonyl (C=O) groups excluding carboxylic acids is 1. The van der Waals surface area contributed by atoms with Crippen molar-refractivity contribution in [3.8, 4) is 11.8 Å². The van der Waals surface area contributed by atoms with Crippen molar-refractivity contribution in [3.63, 3.8) is 0 Å². The predicted octanol–water partition coefficient (Wildman–Crippen LogP) is 1.78. The second kappa shape index (κ2) is 6.87. The Bertz CT molecular complexity index is 186. The fraction of sp³-hybridized carbons (Fsp3) is 0.700. The average Bonchev–Trinajstić information content (AvgIpc) is 2.02. The van der Waals surface area contributed by atoms with E-state index >= 15 is 0 Å². The van der Waals surface area contributed by atoms with Gasteiger partial charge in [0.1, 0.15) is 11.9 Å². The lowest BCUT2D eigenvalue weighted by Gasteiger charge is -2.04. The maximum atomic E-state index is 10.7. The highest BCUT2D eigenvalue weighted by molar-refractivity contribution is 5.76. The molecule has 0 radical (unpaired) electrons. The predicted molar refractivity (Wildman–Crippen MR) is 48.8 cm³/mol. The first-order valence-electron chi connectivity index (χ1n) is 4.21. The second-order valence-electron chi connectivity index (χ2n) is 2.70. The fourth-order valence-corrected chi connectivity index (χ4v) is 0.765. The molecule has 1 atom stereocenters. The number of carbonyl (C=O) groups is 1. The number of methoxy groups -OCH3 is 1. The minimum atomic E-state index is -0.214. The molecule has 68 valence electrons. The van der Waals surface area contributed by atoms with Crippen molar-refractivity contribution in [2.24, 2.45) is 0 Å². The van der Waals surface area contributed by atoms with Crippen molar-refractivity contribution in [2.45, 2.75) is 39.2 Å². The van der Waals surface area contributed by atoms with Crippen LogP contribution in [-0.4, -0.2) is 19.0 Å². The molecule has 0 aliphatic heterocycles. The molecule has 0 heterocycles. The van der Waals surface area contributed by atoms with Gasteiger partial charge in [-0.15, -0.1) is 5.92 Å². The second-order valence-corrected chi connectivity index (χ2v) is 2.70. The summed E-state index contributed by atoms with van der Waals surface area (Å²) in [6.45, 7) is 3.62. The molecule has 0 fully saturated rings. The van der Waals surface area contributed by atoms with Crippen LogP contribution in [0.5, 0.6) is 0 Å². The summed E-state index contributed by atoms with van der Waals surface area (Å²) in [6.07, 6.45) is 2.10. The molecule has 12 heavy (non-hydrogen) atoms. The van der Waals surface area contributed by atoms with Crippen LogP contribution >= 0.6 is 0 Å². The molecule has 0 saturated carbocycles. The number of rotatable bonds is 4. The highest BCUT2D eigenvalue weighted by atomic mass is 16.5. The molecule has 2 heteroatoms. The van der Waals surface area contributed by atoms with Crippen molar-refractivity contribution in [1.29, 1.82) is 0 Å². The van der Waals surface area contributed by atoms with Crippen LogP contribution in [0.4, 0.5) is 0 Å². The van der Waals surface area contributed by atoms with Gasteiger partial charge in [-0.05, 0) is 13.3 Å². The summed E-state index contributed by atoms with van der Waals surface area (Å²) in [5.41, 5.74) is 0. The van der Waals surface area contributed by atoms with Crippen LogP contribution in [-0.2, 0) is 9.53 Å². The van der Waals surface area contributed by atoms with Gasteiger partial charge in [-0.1, -0.05) is 12.8 Å². The summed E-state index contributed by atoms with van der Waals surface area (Å²) in [6, 6.07) is 0. The normalized spacial score (nSPS) is 11.6. The first kappa shape index (κ1) is 11.2. The highest BCUT2D eigenvalue weighted by Gasteiger charge is 2.04. The van der Waals surface area contributed by atoms with E-state index in [2.05, 4.69) is 18.8 Å². The molecule has 0 bridgehead atoms. The number of ether oxygens (including phenoxy) is 1. The third-order valence-electron chi connectivity index (χ3n) is 1.40. The average molecular weight is 168 g/mol. The van der Waals surface area contributed by atoms with Gasteiger partial charge in [-0.3, -0.25) is 4.79 Å². The van der Waals surface area contributed by atoms with E-state index in [4.69, 9.17) is 4.74 Å². The Morgan fingerprint density at radius 3 is 2.67 bits per heavy atom. The Balaban J connectivity index is 3.84. The van der Waals surface area contributed by atoms with Crippen LogP contribution in [0.2, 0.25) is 0 Å². The van der Waals surface area contributed by atoms with Gasteiger partial charge in [0.25, 0.3) is 0 Å². The van der Waals surface area contributed by atoms with Crippen LogP contribution < -0.4 is 0 Å². The maximum absolute atomic E-state index is 10.7.